The van der Waals surface area contributed by atoms with Crippen molar-refractivity contribution in [1.82, 2.24) is 9.97 Å². The summed E-state index contributed by atoms with van der Waals surface area (Å²) in [6.45, 7) is 4.95. The second-order valence-electron chi connectivity index (χ2n) is 8.36. The van der Waals surface area contributed by atoms with Crippen LogP contribution in [0.15, 0.2) is 97.3 Å². The van der Waals surface area contributed by atoms with Gasteiger partial charge in [0.1, 0.15) is 20.0 Å². The van der Waals surface area contributed by atoms with Crippen molar-refractivity contribution in [2.75, 3.05) is 0 Å². The predicted octanol–water partition coefficient (Wildman–Crippen LogP) is 6.23. The van der Waals surface area contributed by atoms with Crippen molar-refractivity contribution in [3.05, 3.63) is 120 Å². The van der Waals surface area contributed by atoms with Gasteiger partial charge in [-0.15, -0.1) is 0 Å². The van der Waals surface area contributed by atoms with Crippen LogP contribution in [0.1, 0.15) is 22.5 Å². The molecule has 0 unspecified atom stereocenters. The van der Waals surface area contributed by atoms with E-state index in [9.17, 15) is 0 Å². The number of aryl methyl sites for hydroxylation is 1. The molecule has 0 aliphatic heterocycles. The Hall–Kier alpha value is -4.23. The third kappa shape index (κ3) is 5.95. The average molecular weight is 493 g/mol. The number of carbonyl (C=O) groups excluding carboxylic acids is 1. The number of carbonyl (C=O) groups is 1. The zero-order valence-electron chi connectivity index (χ0n) is 20.6. The Morgan fingerprint density at radius 1 is 0.703 bits per heavy atom. The van der Waals surface area contributed by atoms with Crippen LogP contribution in [-0.2, 0) is 34.4 Å². The normalized spacial score (nSPS) is 10.6. The van der Waals surface area contributed by atoms with Gasteiger partial charge in [-0.1, -0.05) is 54.6 Å². The van der Waals surface area contributed by atoms with E-state index in [4.69, 9.17) is 19.7 Å². The Morgan fingerprint density at radius 3 is 2.05 bits per heavy atom. The number of aliphatic hydroxyl groups is 1. The maximum atomic E-state index is 8.48. The van der Waals surface area contributed by atoms with Crippen LogP contribution in [0.4, 0.5) is 0 Å². The number of fused-ring (bicyclic) bond motifs is 3. The standard InChI is InChI=1S/C24H19NO2.C6H7NO.CH2O/c1-16-8-10-22-23-13-17(14-26-27-15-18-5-2-3-12-25-18)9-11-20(23)21-7-4-6-19(16)24(21)22;8-5-6-3-1-2-4-7-6;1-2/h2-13H,14-15H2,1H3;1-4,8H,5H2;1H2. The van der Waals surface area contributed by atoms with Crippen LogP contribution >= 0.6 is 0 Å². The first kappa shape index (κ1) is 25.9. The van der Waals surface area contributed by atoms with E-state index in [1.165, 1.54) is 38.6 Å². The third-order valence-corrected chi connectivity index (χ3v) is 6.05. The molecule has 6 heteroatoms. The zero-order chi connectivity index (χ0) is 26.0. The highest BCUT2D eigenvalue weighted by Crippen LogP contribution is 2.48. The molecule has 0 spiro atoms. The van der Waals surface area contributed by atoms with Gasteiger partial charge in [0.15, 0.2) is 0 Å². The van der Waals surface area contributed by atoms with Gasteiger partial charge in [-0.25, -0.2) is 9.78 Å². The van der Waals surface area contributed by atoms with Crippen LogP contribution in [-0.4, -0.2) is 21.9 Å². The van der Waals surface area contributed by atoms with Crippen molar-refractivity contribution >= 4 is 17.6 Å². The van der Waals surface area contributed by atoms with Gasteiger partial charge in [0, 0.05) is 12.4 Å². The third-order valence-electron chi connectivity index (χ3n) is 6.05. The molecule has 0 amide bonds. The summed E-state index contributed by atoms with van der Waals surface area (Å²) in [7, 11) is 0. The van der Waals surface area contributed by atoms with Gasteiger partial charge < -0.3 is 9.90 Å². The van der Waals surface area contributed by atoms with Crippen molar-refractivity contribution in [3.8, 4) is 22.3 Å². The number of benzene rings is 3. The second-order valence-corrected chi connectivity index (χ2v) is 8.36. The fraction of sp³-hybridized carbons (Fsp3) is 0.129. The number of hydrogen-bond acceptors (Lipinski definition) is 6. The van der Waals surface area contributed by atoms with Gasteiger partial charge in [-0.2, -0.15) is 0 Å². The average Bonchev–Trinajstić information content (AvgIpc) is 3.29. The lowest BCUT2D eigenvalue weighted by Gasteiger charge is -2.07. The fourth-order valence-electron chi connectivity index (χ4n) is 4.33. The number of nitrogens with zero attached hydrogens (tertiary/aromatic N) is 2. The summed E-state index contributed by atoms with van der Waals surface area (Å²) in [6.07, 6.45) is 3.41. The van der Waals surface area contributed by atoms with E-state index in [2.05, 4.69) is 65.4 Å². The first-order valence-electron chi connectivity index (χ1n) is 11.8. The summed E-state index contributed by atoms with van der Waals surface area (Å²) < 4.78 is 0. The highest BCUT2D eigenvalue weighted by atomic mass is 17.2. The molecular formula is C31H28N2O4. The van der Waals surface area contributed by atoms with E-state index < -0.39 is 0 Å². The maximum Gasteiger partial charge on any atom is 0.124 e. The lowest BCUT2D eigenvalue weighted by Crippen LogP contribution is -1.98. The summed E-state index contributed by atoms with van der Waals surface area (Å²) in [6, 6.07) is 28.7. The van der Waals surface area contributed by atoms with Gasteiger partial charge in [-0.05, 0) is 81.4 Å². The molecule has 6 rings (SSSR count). The SMILES string of the molecule is C=O.Cc1ccc2c3c(cccc13)-c1ccc(COOCc3ccccn3)cc1-2.OCc1ccccn1. The van der Waals surface area contributed by atoms with Gasteiger partial charge in [0.2, 0.25) is 0 Å². The van der Waals surface area contributed by atoms with Gasteiger partial charge in [0.05, 0.1) is 18.0 Å². The minimum Gasteiger partial charge on any atom is -0.390 e. The lowest BCUT2D eigenvalue weighted by molar-refractivity contribution is -0.313. The van der Waals surface area contributed by atoms with E-state index in [1.807, 2.05) is 37.1 Å². The van der Waals surface area contributed by atoms with Crippen LogP contribution < -0.4 is 0 Å². The Morgan fingerprint density at radius 2 is 1.38 bits per heavy atom. The molecule has 5 aromatic rings. The monoisotopic (exact) mass is 492 g/mol. The molecular weight excluding hydrogens is 464 g/mol. The molecule has 3 aromatic carbocycles. The summed E-state index contributed by atoms with van der Waals surface area (Å²) in [5.41, 5.74) is 9.16. The molecule has 1 N–H and O–H groups in total. The number of pyridine rings is 2. The van der Waals surface area contributed by atoms with Crippen LogP contribution in [0.25, 0.3) is 33.0 Å². The minimum atomic E-state index is 0.0286. The van der Waals surface area contributed by atoms with Crippen molar-refractivity contribution in [3.63, 3.8) is 0 Å². The molecule has 0 fully saturated rings. The number of aliphatic hydroxyl groups excluding tert-OH is 1. The van der Waals surface area contributed by atoms with E-state index in [1.54, 1.807) is 18.5 Å². The van der Waals surface area contributed by atoms with Gasteiger partial charge in [-0.3, -0.25) is 9.97 Å². The fourth-order valence-corrected chi connectivity index (χ4v) is 4.33. The largest absolute Gasteiger partial charge is 0.390 e. The van der Waals surface area contributed by atoms with Gasteiger partial charge in [0.25, 0.3) is 0 Å². The van der Waals surface area contributed by atoms with E-state index >= 15 is 0 Å². The molecule has 0 radical (unpaired) electrons. The van der Waals surface area contributed by atoms with E-state index in [-0.39, 0.29) is 6.61 Å². The predicted molar refractivity (Wildman–Crippen MR) is 144 cm³/mol. The van der Waals surface area contributed by atoms with Crippen LogP contribution in [0.3, 0.4) is 0 Å². The maximum absolute atomic E-state index is 8.48. The minimum absolute atomic E-state index is 0.0286. The highest BCUT2D eigenvalue weighted by molar-refractivity contribution is 6.16. The molecule has 2 aromatic heterocycles. The molecule has 2 heterocycles. The van der Waals surface area contributed by atoms with Gasteiger partial charge >= 0.3 is 0 Å². The molecule has 0 saturated heterocycles. The highest BCUT2D eigenvalue weighted by Gasteiger charge is 2.21. The van der Waals surface area contributed by atoms with Crippen LogP contribution in [0, 0.1) is 6.92 Å². The summed E-state index contributed by atoms with van der Waals surface area (Å²) in [4.78, 5) is 26.8. The molecule has 37 heavy (non-hydrogen) atoms. The number of hydrogen-bond donors (Lipinski definition) is 1. The Bertz CT molecular complexity index is 1460. The van der Waals surface area contributed by atoms with Crippen molar-refractivity contribution < 1.29 is 19.7 Å². The summed E-state index contributed by atoms with van der Waals surface area (Å²) >= 11 is 0. The van der Waals surface area contributed by atoms with Crippen molar-refractivity contribution in [2.24, 2.45) is 0 Å². The van der Waals surface area contributed by atoms with E-state index in [0.29, 0.717) is 18.9 Å². The Balaban J connectivity index is 0.000000272. The van der Waals surface area contributed by atoms with E-state index in [0.717, 1.165) is 11.3 Å². The topological polar surface area (TPSA) is 81.5 Å². The summed E-state index contributed by atoms with van der Waals surface area (Å²) in [5.74, 6) is 0. The molecule has 1 aliphatic rings. The first-order valence-corrected chi connectivity index (χ1v) is 11.8. The van der Waals surface area contributed by atoms with Crippen LogP contribution in [0.2, 0.25) is 0 Å². The second kappa shape index (κ2) is 12.6. The lowest BCUT2D eigenvalue weighted by atomic mass is 9.99. The molecule has 1 aliphatic carbocycles. The van der Waals surface area contributed by atoms with Crippen LogP contribution in [0.5, 0.6) is 0 Å². The molecule has 6 nitrogen and oxygen atoms in total. The van der Waals surface area contributed by atoms with Crippen molar-refractivity contribution in [1.29, 1.82) is 0 Å². The number of aromatic nitrogens is 2. The number of rotatable bonds is 6. The molecule has 0 bridgehead atoms. The summed E-state index contributed by atoms with van der Waals surface area (Å²) in [5, 5.41) is 11.2. The molecule has 0 saturated carbocycles. The molecule has 186 valence electrons. The quantitative estimate of drug-likeness (QED) is 0.169. The van der Waals surface area contributed by atoms with Crippen molar-refractivity contribution in [2.45, 2.75) is 26.7 Å². The Kier molecular flexibility index (Phi) is 8.84. The smallest absolute Gasteiger partial charge is 0.124 e. The Labute approximate surface area is 216 Å². The first-order chi connectivity index (χ1) is 18.2. The zero-order valence-corrected chi connectivity index (χ0v) is 20.6. The molecule has 0 atom stereocenters.